The number of aryl methyl sites for hydroxylation is 1. The van der Waals surface area contributed by atoms with Crippen LogP contribution in [0.4, 0.5) is 29.7 Å². The number of halogens is 3. The van der Waals surface area contributed by atoms with Gasteiger partial charge in [-0.05, 0) is 62.4 Å². The second-order valence-corrected chi connectivity index (χ2v) is 9.03. The first kappa shape index (κ1) is 20.9. The van der Waals surface area contributed by atoms with Crippen LogP contribution in [0.25, 0.3) is 5.69 Å². The van der Waals surface area contributed by atoms with Gasteiger partial charge in [0, 0.05) is 17.6 Å². The zero-order valence-electron chi connectivity index (χ0n) is 18.3. The van der Waals surface area contributed by atoms with Gasteiger partial charge in [-0.2, -0.15) is 18.2 Å². The Bertz CT molecular complexity index is 1300. The van der Waals surface area contributed by atoms with Crippen molar-refractivity contribution in [2.24, 2.45) is 0 Å². The number of nitrogens with zero attached hydrogens (tertiary/aromatic N) is 5. The van der Waals surface area contributed by atoms with Gasteiger partial charge < -0.3 is 14.6 Å². The van der Waals surface area contributed by atoms with Crippen molar-refractivity contribution in [2.75, 3.05) is 16.8 Å². The Kier molecular flexibility index (Phi) is 4.42. The largest absolute Gasteiger partial charge is 0.441 e. The molecule has 1 atom stereocenters. The summed E-state index contributed by atoms with van der Waals surface area (Å²) in [5.41, 5.74) is 2.07. The molecular formula is C23H21F3N6O2. The van der Waals surface area contributed by atoms with Crippen molar-refractivity contribution in [2.45, 2.75) is 50.4 Å². The first-order valence-electron chi connectivity index (χ1n) is 11.1. The average molecular weight is 470 g/mol. The van der Waals surface area contributed by atoms with Crippen molar-refractivity contribution >= 4 is 17.9 Å². The zero-order valence-corrected chi connectivity index (χ0v) is 18.3. The summed E-state index contributed by atoms with van der Waals surface area (Å²) in [7, 11) is 0. The predicted molar refractivity (Wildman–Crippen MR) is 116 cm³/mol. The monoisotopic (exact) mass is 470 g/mol. The van der Waals surface area contributed by atoms with Crippen LogP contribution in [0.5, 0.6) is 0 Å². The molecule has 1 saturated heterocycles. The molecule has 8 nitrogen and oxygen atoms in total. The zero-order chi connectivity index (χ0) is 23.7. The number of anilines is 2. The first-order valence-corrected chi connectivity index (χ1v) is 11.1. The third kappa shape index (κ3) is 3.46. The van der Waals surface area contributed by atoms with Gasteiger partial charge in [-0.25, -0.2) is 14.8 Å². The lowest BCUT2D eigenvalue weighted by atomic mass is 9.97. The molecule has 1 aliphatic carbocycles. The minimum atomic E-state index is -4.37. The van der Waals surface area contributed by atoms with Crippen LogP contribution >= 0.6 is 0 Å². The molecule has 2 aliphatic heterocycles. The molecule has 3 aliphatic rings. The van der Waals surface area contributed by atoms with E-state index in [1.807, 2.05) is 11.5 Å². The second kappa shape index (κ2) is 7.18. The van der Waals surface area contributed by atoms with Crippen LogP contribution in [0.2, 0.25) is 0 Å². The molecule has 176 valence electrons. The summed E-state index contributed by atoms with van der Waals surface area (Å²) in [6.07, 6.45) is 1.26. The van der Waals surface area contributed by atoms with Gasteiger partial charge in [0.2, 0.25) is 5.95 Å². The molecule has 2 fully saturated rings. The number of carbonyl (C=O) groups is 1. The van der Waals surface area contributed by atoms with E-state index in [9.17, 15) is 18.0 Å². The smallest absolute Gasteiger partial charge is 0.416 e. The van der Waals surface area contributed by atoms with Gasteiger partial charge in [0.15, 0.2) is 0 Å². The Morgan fingerprint density at radius 3 is 2.74 bits per heavy atom. The minimum absolute atomic E-state index is 0.261. The van der Waals surface area contributed by atoms with E-state index in [-0.39, 0.29) is 11.6 Å². The maximum atomic E-state index is 13.1. The molecule has 1 amide bonds. The molecular weight excluding hydrogens is 449 g/mol. The highest BCUT2D eigenvalue weighted by atomic mass is 19.4. The lowest BCUT2D eigenvalue weighted by Crippen LogP contribution is -2.26. The van der Waals surface area contributed by atoms with Crippen LogP contribution in [0, 0.1) is 0 Å². The molecule has 34 heavy (non-hydrogen) atoms. The molecule has 6 rings (SSSR count). The number of hydrogen-bond donors (Lipinski definition) is 1. The lowest BCUT2D eigenvalue weighted by molar-refractivity contribution is -0.137. The molecule has 11 heteroatoms. The fourth-order valence-corrected chi connectivity index (χ4v) is 4.69. The van der Waals surface area contributed by atoms with Crippen molar-refractivity contribution in [3.8, 4) is 5.69 Å². The Labute approximate surface area is 192 Å². The average Bonchev–Trinajstić information content (AvgIpc) is 3.26. The number of carbonyl (C=O) groups excluding carboxylic acids is 1. The molecule has 4 heterocycles. The summed E-state index contributed by atoms with van der Waals surface area (Å²) < 4.78 is 46.6. The molecule has 3 aromatic rings. The third-order valence-corrected chi connectivity index (χ3v) is 6.65. The molecule has 1 N–H and O–H groups in total. The van der Waals surface area contributed by atoms with Gasteiger partial charge in [0.25, 0.3) is 0 Å². The van der Waals surface area contributed by atoms with Crippen molar-refractivity contribution in [1.82, 2.24) is 19.5 Å². The molecule has 0 bridgehead atoms. The molecule has 1 saturated carbocycles. The lowest BCUT2D eigenvalue weighted by Gasteiger charge is -2.22. The number of nitrogens with one attached hydrogen (secondary N) is 1. The highest BCUT2D eigenvalue weighted by Crippen LogP contribution is 2.45. The van der Waals surface area contributed by atoms with Crippen molar-refractivity contribution in [3.05, 3.63) is 59.3 Å². The van der Waals surface area contributed by atoms with Crippen molar-refractivity contribution < 1.29 is 22.7 Å². The van der Waals surface area contributed by atoms with Gasteiger partial charge in [-0.1, -0.05) is 0 Å². The molecule has 1 spiro atoms. The fourth-order valence-electron chi connectivity index (χ4n) is 4.69. The Morgan fingerprint density at radius 2 is 2.00 bits per heavy atom. The standard InChI is InChI=1S/C23H21F3N6O2/c1-13(29-20-27-9-6-18(30-20)31-11-22(7-8-22)34-21(31)33)19-17-4-2-14-10-15(23(24,25)26)3-5-16(14)32(17)12-28-19/h3,5-6,9-10,12-13H,2,4,7-8,11H2,1H3,(H,27,29,30). The number of rotatable bonds is 4. The number of benzene rings is 1. The molecule has 1 unspecified atom stereocenters. The number of imidazole rings is 1. The summed E-state index contributed by atoms with van der Waals surface area (Å²) >= 11 is 0. The van der Waals surface area contributed by atoms with E-state index in [0.717, 1.165) is 30.3 Å². The molecule has 0 radical (unpaired) electrons. The maximum Gasteiger partial charge on any atom is 0.416 e. The van der Waals surface area contributed by atoms with Crippen LogP contribution in [-0.4, -0.2) is 37.8 Å². The van der Waals surface area contributed by atoms with Crippen molar-refractivity contribution in [3.63, 3.8) is 0 Å². The van der Waals surface area contributed by atoms with E-state index in [1.54, 1.807) is 18.6 Å². The number of fused-ring (bicyclic) bond motifs is 3. The summed E-state index contributed by atoms with van der Waals surface area (Å²) in [4.78, 5) is 27.1. The fraction of sp³-hybridized carbons (Fsp3) is 0.391. The topological polar surface area (TPSA) is 85.2 Å². The van der Waals surface area contributed by atoms with Crippen LogP contribution in [-0.2, 0) is 23.8 Å². The van der Waals surface area contributed by atoms with E-state index in [4.69, 9.17) is 4.74 Å². The van der Waals surface area contributed by atoms with Gasteiger partial charge >= 0.3 is 12.3 Å². The number of ether oxygens (including phenoxy) is 1. The minimum Gasteiger partial charge on any atom is -0.441 e. The van der Waals surface area contributed by atoms with E-state index in [1.165, 1.54) is 17.0 Å². The van der Waals surface area contributed by atoms with E-state index in [0.29, 0.717) is 42.4 Å². The summed E-state index contributed by atoms with van der Waals surface area (Å²) in [6, 6.07) is 5.22. The van der Waals surface area contributed by atoms with E-state index >= 15 is 0 Å². The number of amides is 1. The van der Waals surface area contributed by atoms with Crippen LogP contribution < -0.4 is 10.2 Å². The van der Waals surface area contributed by atoms with Gasteiger partial charge in [-0.3, -0.25) is 4.90 Å². The van der Waals surface area contributed by atoms with Gasteiger partial charge in [-0.15, -0.1) is 0 Å². The van der Waals surface area contributed by atoms with Gasteiger partial charge in [0.05, 0.1) is 30.2 Å². The van der Waals surface area contributed by atoms with Crippen molar-refractivity contribution in [1.29, 1.82) is 0 Å². The third-order valence-electron chi connectivity index (χ3n) is 6.65. The Hall–Kier alpha value is -3.63. The summed E-state index contributed by atoms with van der Waals surface area (Å²) in [5, 5.41) is 3.24. The van der Waals surface area contributed by atoms with E-state index in [2.05, 4.69) is 20.3 Å². The van der Waals surface area contributed by atoms with Gasteiger partial charge in [0.1, 0.15) is 11.4 Å². The summed E-state index contributed by atoms with van der Waals surface area (Å²) in [6.45, 7) is 2.41. The maximum absolute atomic E-state index is 13.1. The first-order chi connectivity index (χ1) is 16.2. The SMILES string of the molecule is CC(Nc1nccc(N2CC3(CC3)OC2=O)n1)c1ncn2c1CCc1cc(C(F)(F)F)ccc1-2. The number of aromatic nitrogens is 4. The predicted octanol–water partition coefficient (Wildman–Crippen LogP) is 4.44. The van der Waals surface area contributed by atoms with Crippen LogP contribution in [0.15, 0.2) is 36.8 Å². The highest BCUT2D eigenvalue weighted by molar-refractivity contribution is 5.89. The Balaban J connectivity index is 1.23. The van der Waals surface area contributed by atoms with Crippen LogP contribution in [0.3, 0.4) is 0 Å². The summed E-state index contributed by atoms with van der Waals surface area (Å²) in [5.74, 6) is 0.821. The number of hydrogen-bond acceptors (Lipinski definition) is 6. The molecule has 1 aromatic carbocycles. The Morgan fingerprint density at radius 1 is 1.18 bits per heavy atom. The molecule has 2 aromatic heterocycles. The second-order valence-electron chi connectivity index (χ2n) is 9.03. The highest BCUT2D eigenvalue weighted by Gasteiger charge is 2.55. The quantitative estimate of drug-likeness (QED) is 0.607. The number of alkyl halides is 3. The van der Waals surface area contributed by atoms with Crippen LogP contribution in [0.1, 0.15) is 48.3 Å². The van der Waals surface area contributed by atoms with E-state index < -0.39 is 17.8 Å². The normalized spacial score (nSPS) is 18.9.